The number of oxime groups is 1. The average Bonchev–Trinajstić information content (AvgIpc) is 3.59. The summed E-state index contributed by atoms with van der Waals surface area (Å²) < 4.78 is 6.68. The summed E-state index contributed by atoms with van der Waals surface area (Å²) in [6, 6.07) is 11.4. The maximum Gasteiger partial charge on any atom is 0.343 e. The van der Waals surface area contributed by atoms with Crippen LogP contribution in [-0.2, 0) is 4.74 Å². The number of benzene rings is 1. The molecule has 2 heterocycles. The van der Waals surface area contributed by atoms with Gasteiger partial charge in [0.25, 0.3) is 5.56 Å². The molecule has 0 saturated heterocycles. The predicted octanol–water partition coefficient (Wildman–Crippen LogP) is 4.53. The number of rotatable bonds is 5. The van der Waals surface area contributed by atoms with Crippen LogP contribution >= 0.6 is 0 Å². The Kier molecular flexibility index (Phi) is 5.16. The molecule has 0 bridgehead atoms. The summed E-state index contributed by atoms with van der Waals surface area (Å²) in [4.78, 5) is 25.3. The molecular formula is C24H24N2O4. The second-order valence-corrected chi connectivity index (χ2v) is 7.65. The number of carbonyl (C=O) groups is 1. The minimum atomic E-state index is -0.572. The van der Waals surface area contributed by atoms with Gasteiger partial charge in [0, 0.05) is 6.20 Å². The Morgan fingerprint density at radius 2 is 1.93 bits per heavy atom. The molecule has 0 radical (unpaired) electrons. The molecule has 0 spiro atoms. The lowest BCUT2D eigenvalue weighted by atomic mass is 9.95. The fourth-order valence-electron chi connectivity index (χ4n) is 3.92. The second kappa shape index (κ2) is 7.78. The Morgan fingerprint density at radius 3 is 2.53 bits per heavy atom. The van der Waals surface area contributed by atoms with Crippen LogP contribution in [0, 0.1) is 6.92 Å². The van der Waals surface area contributed by atoms with Crippen LogP contribution < -0.4 is 5.56 Å². The molecule has 3 aromatic rings. The first-order valence-electron chi connectivity index (χ1n) is 10.1. The molecular weight excluding hydrogens is 380 g/mol. The molecule has 1 aromatic carbocycles. The van der Waals surface area contributed by atoms with E-state index < -0.39 is 5.97 Å². The molecule has 154 valence electrons. The smallest absolute Gasteiger partial charge is 0.343 e. The fourth-order valence-corrected chi connectivity index (χ4v) is 3.92. The molecule has 2 aromatic heterocycles. The van der Waals surface area contributed by atoms with E-state index in [0.29, 0.717) is 11.6 Å². The number of hydrogen-bond donors (Lipinski definition) is 1. The number of aromatic nitrogens is 1. The number of carbonyl (C=O) groups excluding carboxylic acids is 1. The van der Waals surface area contributed by atoms with Gasteiger partial charge in [-0.15, -0.1) is 0 Å². The second-order valence-electron chi connectivity index (χ2n) is 7.65. The molecule has 1 aliphatic carbocycles. The van der Waals surface area contributed by atoms with Crippen LogP contribution in [0.3, 0.4) is 0 Å². The van der Waals surface area contributed by atoms with E-state index in [9.17, 15) is 9.59 Å². The van der Waals surface area contributed by atoms with Gasteiger partial charge in [-0.3, -0.25) is 9.20 Å². The zero-order valence-electron chi connectivity index (χ0n) is 17.3. The predicted molar refractivity (Wildman–Crippen MR) is 116 cm³/mol. The van der Waals surface area contributed by atoms with Crippen molar-refractivity contribution in [3.05, 3.63) is 75.2 Å². The molecule has 6 nitrogen and oxygen atoms in total. The van der Waals surface area contributed by atoms with Gasteiger partial charge in [0.05, 0.1) is 17.8 Å². The maximum absolute atomic E-state index is 13.0. The minimum absolute atomic E-state index is 0.0894. The van der Waals surface area contributed by atoms with Gasteiger partial charge in [-0.25, -0.2) is 4.79 Å². The van der Waals surface area contributed by atoms with E-state index in [1.807, 2.05) is 37.3 Å². The standard InChI is InChI=1S/C24H24N2O4/c1-4-30-24(28)21-13-20(18-9-10-18)22-14(2)19(11-12-26(22)23(21)27)17-7-5-16(6-8-17)15(3)25-29/h5-8,11-13,18,29H,4,9-10H2,1-3H3/b25-15+. The third kappa shape index (κ3) is 3.38. The van der Waals surface area contributed by atoms with Crippen LogP contribution in [0.15, 0.2) is 52.5 Å². The van der Waals surface area contributed by atoms with E-state index in [-0.39, 0.29) is 17.7 Å². The van der Waals surface area contributed by atoms with Crippen molar-refractivity contribution in [3.8, 4) is 11.1 Å². The highest BCUT2D eigenvalue weighted by molar-refractivity contribution is 5.98. The summed E-state index contributed by atoms with van der Waals surface area (Å²) >= 11 is 0. The number of hydrogen-bond acceptors (Lipinski definition) is 5. The molecule has 1 N–H and O–H groups in total. The Morgan fingerprint density at radius 1 is 1.23 bits per heavy atom. The van der Waals surface area contributed by atoms with Gasteiger partial charge in [-0.05, 0) is 79.5 Å². The molecule has 1 saturated carbocycles. The minimum Gasteiger partial charge on any atom is -0.462 e. The quantitative estimate of drug-likeness (QED) is 0.293. The Labute approximate surface area is 174 Å². The first-order chi connectivity index (χ1) is 14.5. The highest BCUT2D eigenvalue weighted by Crippen LogP contribution is 2.43. The number of ether oxygens (including phenoxy) is 1. The van der Waals surface area contributed by atoms with Crippen LogP contribution in [0.4, 0.5) is 0 Å². The largest absolute Gasteiger partial charge is 0.462 e. The van der Waals surface area contributed by atoms with Crippen molar-refractivity contribution < 1.29 is 14.7 Å². The Balaban J connectivity index is 1.90. The number of aryl methyl sites for hydroxylation is 1. The molecule has 0 aliphatic heterocycles. The first-order valence-corrected chi connectivity index (χ1v) is 10.1. The van der Waals surface area contributed by atoms with Crippen LogP contribution in [0.25, 0.3) is 16.6 Å². The van der Waals surface area contributed by atoms with Crippen molar-refractivity contribution in [2.45, 2.75) is 39.5 Å². The van der Waals surface area contributed by atoms with Gasteiger partial charge in [0.15, 0.2) is 0 Å². The zero-order chi connectivity index (χ0) is 21.4. The van der Waals surface area contributed by atoms with E-state index in [1.165, 1.54) is 0 Å². The fraction of sp³-hybridized carbons (Fsp3) is 0.292. The molecule has 30 heavy (non-hydrogen) atoms. The van der Waals surface area contributed by atoms with E-state index >= 15 is 0 Å². The number of esters is 1. The Hall–Kier alpha value is -3.41. The topological polar surface area (TPSA) is 80.4 Å². The highest BCUT2D eigenvalue weighted by atomic mass is 16.5. The van der Waals surface area contributed by atoms with Crippen LogP contribution in [0.5, 0.6) is 0 Å². The van der Waals surface area contributed by atoms with Gasteiger partial charge in [-0.1, -0.05) is 29.4 Å². The van der Waals surface area contributed by atoms with E-state index in [4.69, 9.17) is 9.94 Å². The van der Waals surface area contributed by atoms with Crippen LogP contribution in [0.2, 0.25) is 0 Å². The highest BCUT2D eigenvalue weighted by Gasteiger charge is 2.29. The van der Waals surface area contributed by atoms with E-state index in [1.54, 1.807) is 30.5 Å². The third-order valence-electron chi connectivity index (χ3n) is 5.69. The normalized spacial score (nSPS) is 14.2. The van der Waals surface area contributed by atoms with Crippen molar-refractivity contribution in [2.24, 2.45) is 5.16 Å². The summed E-state index contributed by atoms with van der Waals surface area (Å²) in [7, 11) is 0. The first kappa shape index (κ1) is 19.9. The summed E-state index contributed by atoms with van der Waals surface area (Å²) in [6.45, 7) is 5.71. The van der Waals surface area contributed by atoms with Crippen molar-refractivity contribution in [1.29, 1.82) is 0 Å². The molecule has 4 rings (SSSR count). The molecule has 0 atom stereocenters. The maximum atomic E-state index is 13.0. The van der Waals surface area contributed by atoms with Crippen molar-refractivity contribution >= 4 is 17.2 Å². The Bertz CT molecular complexity index is 1220. The summed E-state index contributed by atoms with van der Waals surface area (Å²) in [6.07, 6.45) is 3.84. The number of nitrogens with zero attached hydrogens (tertiary/aromatic N) is 2. The van der Waals surface area contributed by atoms with Gasteiger partial charge < -0.3 is 9.94 Å². The SMILES string of the molecule is CCOC(=O)c1cc(C2CC2)c2c(C)c(-c3ccc(/C(C)=N/O)cc3)ccn2c1=O. The zero-order valence-corrected chi connectivity index (χ0v) is 17.3. The molecule has 1 fully saturated rings. The lowest BCUT2D eigenvalue weighted by molar-refractivity contribution is 0.0524. The molecule has 0 unspecified atom stereocenters. The van der Waals surface area contributed by atoms with E-state index in [0.717, 1.165) is 46.2 Å². The van der Waals surface area contributed by atoms with Gasteiger partial charge in [0.1, 0.15) is 5.56 Å². The van der Waals surface area contributed by atoms with E-state index in [2.05, 4.69) is 5.16 Å². The summed E-state index contributed by atoms with van der Waals surface area (Å²) in [5, 5.41) is 12.2. The summed E-state index contributed by atoms with van der Waals surface area (Å²) in [5.41, 5.74) is 6.03. The number of pyridine rings is 2. The average molecular weight is 404 g/mol. The summed E-state index contributed by atoms with van der Waals surface area (Å²) in [5.74, 6) is -0.217. The lowest BCUT2D eigenvalue weighted by Gasteiger charge is -2.16. The monoisotopic (exact) mass is 404 g/mol. The van der Waals surface area contributed by atoms with Crippen LogP contribution in [-0.4, -0.2) is 27.9 Å². The van der Waals surface area contributed by atoms with Gasteiger partial charge >= 0.3 is 5.97 Å². The van der Waals surface area contributed by atoms with Crippen LogP contribution in [0.1, 0.15) is 59.7 Å². The number of fused-ring (bicyclic) bond motifs is 1. The molecule has 1 aliphatic rings. The van der Waals surface area contributed by atoms with Crippen molar-refractivity contribution in [2.75, 3.05) is 6.61 Å². The van der Waals surface area contributed by atoms with Crippen molar-refractivity contribution in [3.63, 3.8) is 0 Å². The lowest BCUT2D eigenvalue weighted by Crippen LogP contribution is -2.25. The van der Waals surface area contributed by atoms with Gasteiger partial charge in [0.2, 0.25) is 0 Å². The molecule has 6 heteroatoms. The van der Waals surface area contributed by atoms with Gasteiger partial charge in [-0.2, -0.15) is 0 Å². The molecule has 0 amide bonds. The van der Waals surface area contributed by atoms with Crippen molar-refractivity contribution in [1.82, 2.24) is 4.40 Å². The third-order valence-corrected chi connectivity index (χ3v) is 5.69.